The molecule has 40 heavy (non-hydrogen) atoms. The Bertz CT molecular complexity index is 1900. The summed E-state index contributed by atoms with van der Waals surface area (Å²) in [5.41, 5.74) is 3.08. The van der Waals surface area contributed by atoms with E-state index < -0.39 is 10.0 Å². The van der Waals surface area contributed by atoms with Crippen molar-refractivity contribution in [2.24, 2.45) is 17.8 Å². The van der Waals surface area contributed by atoms with Crippen molar-refractivity contribution in [1.82, 2.24) is 18.8 Å². The molecule has 0 spiro atoms. The van der Waals surface area contributed by atoms with Crippen molar-refractivity contribution in [3.05, 3.63) is 90.9 Å². The van der Waals surface area contributed by atoms with Gasteiger partial charge in [-0.3, -0.25) is 4.90 Å². The number of fused-ring (bicyclic) bond motifs is 3. The molecule has 0 amide bonds. The molecule has 1 aliphatic heterocycles. The number of anilines is 2. The van der Waals surface area contributed by atoms with Gasteiger partial charge in [0.2, 0.25) is 0 Å². The number of hydrogen-bond acceptors (Lipinski definition) is 7. The quantitative estimate of drug-likeness (QED) is 0.308. The molecule has 0 radical (unpaired) electrons. The highest BCUT2D eigenvalue weighted by molar-refractivity contribution is 7.90. The van der Waals surface area contributed by atoms with Crippen LogP contribution in [-0.2, 0) is 10.0 Å². The number of aromatic nitrogens is 3. The van der Waals surface area contributed by atoms with Gasteiger partial charge in [-0.15, -0.1) is 0 Å². The van der Waals surface area contributed by atoms with E-state index in [0.29, 0.717) is 35.7 Å². The van der Waals surface area contributed by atoms with Gasteiger partial charge in [0.1, 0.15) is 12.1 Å². The lowest BCUT2D eigenvalue weighted by Gasteiger charge is -2.15. The van der Waals surface area contributed by atoms with E-state index in [4.69, 9.17) is 0 Å². The van der Waals surface area contributed by atoms with E-state index in [1.807, 2.05) is 30.3 Å². The number of rotatable bonds is 6. The van der Waals surface area contributed by atoms with E-state index in [9.17, 15) is 13.5 Å². The van der Waals surface area contributed by atoms with Crippen LogP contribution in [-0.4, -0.2) is 58.6 Å². The van der Waals surface area contributed by atoms with Gasteiger partial charge in [-0.05, 0) is 72.4 Å². The molecule has 2 aromatic heterocycles. The zero-order valence-corrected chi connectivity index (χ0v) is 22.4. The van der Waals surface area contributed by atoms with Gasteiger partial charge in [-0.1, -0.05) is 30.0 Å². The van der Waals surface area contributed by atoms with Gasteiger partial charge in [0.15, 0.2) is 0 Å². The second-order valence-electron chi connectivity index (χ2n) is 10.5. The largest absolute Gasteiger partial charge is 0.396 e. The van der Waals surface area contributed by atoms with Crippen molar-refractivity contribution < 1.29 is 13.5 Å². The first kappa shape index (κ1) is 24.8. The van der Waals surface area contributed by atoms with Gasteiger partial charge in [0, 0.05) is 47.9 Å². The average molecular weight is 550 g/mol. The summed E-state index contributed by atoms with van der Waals surface area (Å²) in [6, 6.07) is 21.7. The van der Waals surface area contributed by atoms with Crippen LogP contribution in [0.2, 0.25) is 0 Å². The molecule has 1 aliphatic carbocycles. The average Bonchev–Trinajstić information content (AvgIpc) is 3.26. The molecular formula is C31H27N5O3S. The lowest BCUT2D eigenvalue weighted by Crippen LogP contribution is -2.25. The molecule has 2 aliphatic rings. The first-order valence-corrected chi connectivity index (χ1v) is 14.7. The Morgan fingerprint density at radius 3 is 2.60 bits per heavy atom. The number of nitrogens with one attached hydrogen (secondary N) is 1. The first-order valence-electron chi connectivity index (χ1n) is 13.3. The van der Waals surface area contributed by atoms with Gasteiger partial charge in [-0.25, -0.2) is 22.4 Å². The van der Waals surface area contributed by atoms with Crippen LogP contribution in [0.25, 0.3) is 21.8 Å². The summed E-state index contributed by atoms with van der Waals surface area (Å²) in [4.78, 5) is 11.5. The number of likely N-dealkylation sites (tertiary alicyclic amines) is 1. The number of benzene rings is 3. The Morgan fingerprint density at radius 1 is 0.975 bits per heavy atom. The number of aliphatic hydroxyl groups excluding tert-OH is 1. The Balaban J connectivity index is 1.12. The van der Waals surface area contributed by atoms with E-state index in [2.05, 4.69) is 32.0 Å². The predicted octanol–water partition coefficient (Wildman–Crippen LogP) is 4.09. The van der Waals surface area contributed by atoms with E-state index in [-0.39, 0.29) is 4.90 Å². The van der Waals surface area contributed by atoms with Crippen LogP contribution in [0.4, 0.5) is 11.5 Å². The van der Waals surface area contributed by atoms with Gasteiger partial charge in [0.25, 0.3) is 10.0 Å². The second-order valence-corrected chi connectivity index (χ2v) is 12.3. The summed E-state index contributed by atoms with van der Waals surface area (Å²) in [6.07, 6.45) is 3.10. The highest BCUT2D eigenvalue weighted by Crippen LogP contribution is 2.51. The van der Waals surface area contributed by atoms with Gasteiger partial charge in [0.05, 0.1) is 22.5 Å². The summed E-state index contributed by atoms with van der Waals surface area (Å²) in [5.74, 6) is 9.02. The third kappa shape index (κ3) is 4.40. The third-order valence-corrected chi connectivity index (χ3v) is 9.75. The van der Waals surface area contributed by atoms with Gasteiger partial charge in [-0.2, -0.15) is 0 Å². The lowest BCUT2D eigenvalue weighted by molar-refractivity contribution is 0.230. The third-order valence-electron chi connectivity index (χ3n) is 8.05. The summed E-state index contributed by atoms with van der Waals surface area (Å²) in [6.45, 7) is 3.08. The minimum atomic E-state index is -3.70. The zero-order chi connectivity index (χ0) is 27.3. The molecule has 1 saturated heterocycles. The summed E-state index contributed by atoms with van der Waals surface area (Å²) in [5, 5.41) is 14.4. The van der Waals surface area contributed by atoms with Gasteiger partial charge >= 0.3 is 0 Å². The predicted molar refractivity (Wildman–Crippen MR) is 155 cm³/mol. The normalized spacial score (nSPS) is 20.3. The Hall–Kier alpha value is -4.23. The molecular weight excluding hydrogens is 522 g/mol. The van der Waals surface area contributed by atoms with Crippen LogP contribution in [0.15, 0.2) is 90.2 Å². The van der Waals surface area contributed by atoms with Crippen LogP contribution in [0.5, 0.6) is 0 Å². The van der Waals surface area contributed by atoms with E-state index in [1.54, 1.807) is 48.7 Å². The van der Waals surface area contributed by atoms with Crippen molar-refractivity contribution in [2.75, 3.05) is 31.6 Å². The van der Waals surface area contributed by atoms with Crippen molar-refractivity contribution >= 4 is 43.3 Å². The first-order chi connectivity index (χ1) is 19.5. The van der Waals surface area contributed by atoms with Crippen LogP contribution in [0.1, 0.15) is 5.56 Å². The van der Waals surface area contributed by atoms with Crippen molar-refractivity contribution in [2.45, 2.75) is 4.90 Å². The molecule has 5 aromatic rings. The fourth-order valence-electron chi connectivity index (χ4n) is 5.87. The minimum Gasteiger partial charge on any atom is -0.396 e. The highest BCUT2D eigenvalue weighted by Gasteiger charge is 2.54. The monoisotopic (exact) mass is 549 g/mol. The maximum Gasteiger partial charge on any atom is 0.268 e. The van der Waals surface area contributed by atoms with Crippen LogP contribution in [0, 0.1) is 29.6 Å². The fourth-order valence-corrected chi connectivity index (χ4v) is 7.25. The summed E-state index contributed by atoms with van der Waals surface area (Å²) < 4.78 is 27.6. The molecule has 7 rings (SSSR count). The van der Waals surface area contributed by atoms with Crippen LogP contribution in [0.3, 0.4) is 0 Å². The molecule has 200 valence electrons. The molecule has 2 N–H and O–H groups in total. The molecule has 9 heteroatoms. The highest BCUT2D eigenvalue weighted by atomic mass is 32.2. The molecule has 3 heterocycles. The number of hydrogen-bond donors (Lipinski definition) is 2. The number of aliphatic hydroxyl groups is 1. The molecule has 3 aromatic carbocycles. The Kier molecular flexibility index (Phi) is 6.04. The maximum atomic E-state index is 13.2. The topological polar surface area (TPSA) is 100 Å². The van der Waals surface area contributed by atoms with E-state index in [0.717, 1.165) is 47.2 Å². The molecule has 2 atom stereocenters. The van der Waals surface area contributed by atoms with E-state index in [1.165, 1.54) is 10.3 Å². The second kappa shape index (κ2) is 9.75. The SMILES string of the molecule is O=S(=O)(c1ccccc1)n1ccc2cc(Nc3ncnc4ccc(C#CCN5CC6C(CO)C6C5)cc34)ccc21. The molecule has 8 nitrogen and oxygen atoms in total. The number of nitrogens with zero attached hydrogens (tertiary/aromatic N) is 4. The molecule has 0 bridgehead atoms. The number of piperidine rings is 1. The van der Waals surface area contributed by atoms with Crippen molar-refractivity contribution in [1.29, 1.82) is 0 Å². The molecule has 2 fully saturated rings. The van der Waals surface area contributed by atoms with Crippen molar-refractivity contribution in [3.8, 4) is 11.8 Å². The Labute approximate surface area is 232 Å². The smallest absolute Gasteiger partial charge is 0.268 e. The Morgan fingerprint density at radius 2 is 1.80 bits per heavy atom. The fraction of sp³-hybridized carbons (Fsp3) is 0.226. The molecule has 2 unspecified atom stereocenters. The minimum absolute atomic E-state index is 0.244. The lowest BCUT2D eigenvalue weighted by atomic mass is 10.1. The standard InChI is InChI=1S/C31H27N5O3S/c37-19-28-26-17-35(18-27(26)28)13-4-5-21-8-10-29-25(15-21)31(33-20-32-29)34-23-9-11-30-22(16-23)12-14-36(30)40(38,39)24-6-2-1-3-7-24/h1-3,6-12,14-16,20,26-28,37H,13,17-19H2,(H,32,33,34). The van der Waals surface area contributed by atoms with E-state index >= 15 is 0 Å². The van der Waals surface area contributed by atoms with Gasteiger partial charge < -0.3 is 10.4 Å². The summed E-state index contributed by atoms with van der Waals surface area (Å²) >= 11 is 0. The van der Waals surface area contributed by atoms with Crippen molar-refractivity contribution in [3.63, 3.8) is 0 Å². The zero-order valence-electron chi connectivity index (χ0n) is 21.6. The molecule has 1 saturated carbocycles. The summed E-state index contributed by atoms with van der Waals surface area (Å²) in [7, 11) is -3.70. The van der Waals surface area contributed by atoms with Crippen LogP contribution >= 0.6 is 0 Å². The van der Waals surface area contributed by atoms with Crippen LogP contribution < -0.4 is 5.32 Å². The maximum absolute atomic E-state index is 13.2.